The Bertz CT molecular complexity index is 615. The van der Waals surface area contributed by atoms with E-state index in [0.717, 1.165) is 25.0 Å². The molecule has 0 aromatic rings. The Balaban J connectivity index is -0.00000117. The molecule has 0 rings (SSSR count). The van der Waals surface area contributed by atoms with Crippen LogP contribution in [0.4, 0.5) is 0 Å². The average Bonchev–Trinajstić information content (AvgIpc) is 3.14. The second-order valence-electron chi connectivity index (χ2n) is 15.9. The molecule has 1 N–H and O–H groups in total. The van der Waals surface area contributed by atoms with Gasteiger partial charge in [-0.3, -0.25) is 4.79 Å². The third kappa shape index (κ3) is 51.2. The first kappa shape index (κ1) is 55.4. The number of hydrogen-bond donors (Lipinski definition) is 1. The molecule has 0 fully saturated rings. The van der Waals surface area contributed by atoms with E-state index in [0.29, 0.717) is 6.10 Å². The monoisotopic (exact) mass is 740 g/mol. The minimum absolute atomic E-state index is 0.250. The Hall–Kier alpha value is -0.940. The molecule has 0 spiro atoms. The van der Waals surface area contributed by atoms with Crippen LogP contribution < -0.4 is 0 Å². The molecule has 314 valence electrons. The van der Waals surface area contributed by atoms with Gasteiger partial charge >= 0.3 is 0 Å². The fourth-order valence-corrected chi connectivity index (χ4v) is 7.31. The molecule has 0 saturated carbocycles. The molecule has 0 aliphatic carbocycles. The number of methoxy groups -OCH3 is 1. The summed E-state index contributed by atoms with van der Waals surface area (Å²) in [5, 5.41) is 6.89. The number of carbonyl (C=O) groups is 2. The van der Waals surface area contributed by atoms with Crippen molar-refractivity contribution in [3.8, 4) is 0 Å². The summed E-state index contributed by atoms with van der Waals surface area (Å²) in [6.45, 7) is 11.4. The van der Waals surface area contributed by atoms with Crippen LogP contribution in [0.2, 0.25) is 0 Å². The first-order chi connectivity index (χ1) is 25.5. The normalized spacial score (nSPS) is 11.6. The Morgan fingerprint density at radius 1 is 0.462 bits per heavy atom. The molecule has 5 nitrogen and oxygen atoms in total. The van der Waals surface area contributed by atoms with Gasteiger partial charge in [0.2, 0.25) is 0 Å². The highest BCUT2D eigenvalue weighted by molar-refractivity contribution is 5.48. The van der Waals surface area contributed by atoms with E-state index in [4.69, 9.17) is 14.6 Å². The number of carbonyl (C=O) groups excluding carboxylic acids is 1. The lowest BCUT2D eigenvalue weighted by atomic mass is 9.89. The quantitative estimate of drug-likeness (QED) is 0.0501. The lowest BCUT2D eigenvalue weighted by molar-refractivity contribution is -0.122. The van der Waals surface area contributed by atoms with E-state index in [9.17, 15) is 4.79 Å². The van der Waals surface area contributed by atoms with Gasteiger partial charge in [0.15, 0.2) is 0 Å². The van der Waals surface area contributed by atoms with E-state index >= 15 is 0 Å². The largest absolute Gasteiger partial charge is 0.483 e. The summed E-state index contributed by atoms with van der Waals surface area (Å²) in [5.74, 6) is 1.01. The molecule has 0 radical (unpaired) electrons. The molecule has 0 bridgehead atoms. The summed E-state index contributed by atoms with van der Waals surface area (Å²) in [6.07, 6.45) is 49.6. The maximum Gasteiger partial charge on any atom is 0.290 e. The number of ether oxygens (including phenoxy) is 1. The fraction of sp³-hybridized carbons (Fsp3) is 0.957. The second kappa shape index (κ2) is 52.2. The minimum atomic E-state index is -0.250. The van der Waals surface area contributed by atoms with Crippen LogP contribution in [0.15, 0.2) is 0 Å². The molecule has 0 aromatic heterocycles. The molecule has 0 heterocycles. The summed E-state index contributed by atoms with van der Waals surface area (Å²) < 4.78 is 5.42. The van der Waals surface area contributed by atoms with Crippen molar-refractivity contribution in [1.82, 2.24) is 4.90 Å². The highest BCUT2D eigenvalue weighted by Crippen LogP contribution is 2.25. The van der Waals surface area contributed by atoms with Crippen molar-refractivity contribution in [1.29, 1.82) is 0 Å². The molecule has 52 heavy (non-hydrogen) atoms. The van der Waals surface area contributed by atoms with Crippen molar-refractivity contribution in [2.24, 2.45) is 5.92 Å². The number of rotatable bonds is 40. The van der Waals surface area contributed by atoms with E-state index in [1.54, 1.807) is 0 Å². The average molecular weight is 740 g/mol. The van der Waals surface area contributed by atoms with Crippen LogP contribution in [0.25, 0.3) is 0 Å². The first-order valence-corrected chi connectivity index (χ1v) is 23.2. The second-order valence-corrected chi connectivity index (χ2v) is 15.9. The smallest absolute Gasteiger partial charge is 0.290 e. The number of carboxylic acid groups (broad SMARTS) is 1. The van der Waals surface area contributed by atoms with Gasteiger partial charge in [-0.1, -0.05) is 214 Å². The van der Waals surface area contributed by atoms with Crippen LogP contribution in [0, 0.1) is 5.92 Å². The minimum Gasteiger partial charge on any atom is -0.483 e. The predicted octanol–water partition coefficient (Wildman–Crippen LogP) is 15.2. The molecule has 0 aromatic carbocycles. The van der Waals surface area contributed by atoms with Gasteiger partial charge in [0.25, 0.3) is 6.47 Å². The Labute approximate surface area is 328 Å². The van der Waals surface area contributed by atoms with E-state index < -0.39 is 0 Å². The van der Waals surface area contributed by atoms with Crippen molar-refractivity contribution in [2.45, 2.75) is 259 Å². The zero-order valence-electron chi connectivity index (χ0n) is 36.6. The van der Waals surface area contributed by atoms with Gasteiger partial charge < -0.3 is 19.5 Å². The Morgan fingerprint density at radius 3 is 1.13 bits per heavy atom. The summed E-state index contributed by atoms with van der Waals surface area (Å²) in [5.41, 5.74) is 0. The summed E-state index contributed by atoms with van der Waals surface area (Å²) >= 11 is 0. The van der Waals surface area contributed by atoms with Crippen LogP contribution in [-0.4, -0.2) is 56.1 Å². The number of nitrogens with zero attached hydrogens (tertiary/aromatic N) is 1. The van der Waals surface area contributed by atoms with Crippen LogP contribution in [0.1, 0.15) is 252 Å². The van der Waals surface area contributed by atoms with Gasteiger partial charge in [0.1, 0.15) is 6.29 Å². The van der Waals surface area contributed by atoms with Crippen molar-refractivity contribution in [3.63, 3.8) is 0 Å². The van der Waals surface area contributed by atoms with E-state index in [1.165, 1.54) is 225 Å². The molecule has 1 unspecified atom stereocenters. The lowest BCUT2D eigenvalue weighted by Gasteiger charge is -2.18. The topological polar surface area (TPSA) is 66.8 Å². The highest BCUT2D eigenvalue weighted by Gasteiger charge is 2.09. The third-order valence-electron chi connectivity index (χ3n) is 10.8. The molecule has 0 saturated heterocycles. The zero-order chi connectivity index (χ0) is 39.0. The van der Waals surface area contributed by atoms with E-state index in [1.807, 2.05) is 7.11 Å². The molecule has 0 aliphatic rings. The van der Waals surface area contributed by atoms with Crippen molar-refractivity contribution >= 4 is 12.8 Å². The number of hydrogen-bond acceptors (Lipinski definition) is 4. The summed E-state index contributed by atoms with van der Waals surface area (Å²) in [7, 11) is 4.14. The van der Waals surface area contributed by atoms with Gasteiger partial charge in [-0.25, -0.2) is 0 Å². The number of aldehydes is 1. The lowest BCUT2D eigenvalue weighted by Crippen LogP contribution is -2.20. The maximum absolute atomic E-state index is 10.3. The predicted molar refractivity (Wildman–Crippen MR) is 231 cm³/mol. The van der Waals surface area contributed by atoms with Gasteiger partial charge in [-0.05, 0) is 58.2 Å². The van der Waals surface area contributed by atoms with Gasteiger partial charge in [-0.15, -0.1) is 0 Å². The molecular formula is C47H97NO4. The highest BCUT2D eigenvalue weighted by atomic mass is 16.5. The van der Waals surface area contributed by atoms with Crippen molar-refractivity contribution < 1.29 is 19.4 Å². The van der Waals surface area contributed by atoms with Gasteiger partial charge in [0, 0.05) is 13.5 Å². The summed E-state index contributed by atoms with van der Waals surface area (Å²) in [6, 6.07) is 0. The molecule has 1 atom stereocenters. The van der Waals surface area contributed by atoms with Crippen molar-refractivity contribution in [3.05, 3.63) is 0 Å². The Morgan fingerprint density at radius 2 is 0.788 bits per heavy atom. The summed E-state index contributed by atoms with van der Waals surface area (Å²) in [4.78, 5) is 21.2. The Kier molecular flexibility index (Phi) is 55.6. The number of unbranched alkanes of at least 4 members (excludes halogenated alkanes) is 24. The molecule has 0 amide bonds. The molecular weight excluding hydrogens is 643 g/mol. The van der Waals surface area contributed by atoms with Crippen molar-refractivity contribution in [2.75, 3.05) is 27.2 Å². The van der Waals surface area contributed by atoms with E-state index in [-0.39, 0.29) is 6.47 Å². The maximum atomic E-state index is 10.3. The fourth-order valence-electron chi connectivity index (χ4n) is 7.31. The zero-order valence-corrected chi connectivity index (χ0v) is 36.6. The molecule has 5 heteroatoms. The van der Waals surface area contributed by atoms with Crippen LogP contribution >= 0.6 is 0 Å². The van der Waals surface area contributed by atoms with Crippen LogP contribution in [-0.2, 0) is 14.3 Å². The first-order valence-electron chi connectivity index (χ1n) is 23.2. The SMILES string of the molecule is CCCCCCCCC(CCC)OC.CCCCCCCCC(CCCCCCCC)CCCCCCCN(C)CCCCCCCC=O.O=CO. The van der Waals surface area contributed by atoms with Crippen LogP contribution in [0.3, 0.4) is 0 Å². The molecule has 0 aliphatic heterocycles. The third-order valence-corrected chi connectivity index (χ3v) is 10.8. The standard InChI is InChI=1S/C33H67NO.C13H28O.CH2O2/c1-4-6-8-10-15-21-27-33(28-22-16-11-9-7-5-2)29-23-17-14-19-25-31-34(3)30-24-18-12-13-20-26-32-35;1-4-6-7-8-9-10-12-13(14-3)11-5-2;2-1-3/h32-33H,4-31H2,1-3H3;13H,4-12H2,1-3H3;1H,(H,2,3). The van der Waals surface area contributed by atoms with Crippen LogP contribution in [0.5, 0.6) is 0 Å². The van der Waals surface area contributed by atoms with E-state index in [2.05, 4.69) is 39.6 Å². The van der Waals surface area contributed by atoms with Gasteiger partial charge in [-0.2, -0.15) is 0 Å². The van der Waals surface area contributed by atoms with Gasteiger partial charge in [0.05, 0.1) is 6.10 Å².